The maximum absolute atomic E-state index is 12.6. The van der Waals surface area contributed by atoms with Gasteiger partial charge in [0, 0.05) is 10.9 Å². The van der Waals surface area contributed by atoms with Crippen LogP contribution in [0.25, 0.3) is 21.5 Å². The highest BCUT2D eigenvalue weighted by atomic mass is 35.5. The van der Waals surface area contributed by atoms with E-state index in [2.05, 4.69) is 15.3 Å². The highest BCUT2D eigenvalue weighted by molar-refractivity contribution is 7.17. The lowest BCUT2D eigenvalue weighted by atomic mass is 10.2. The summed E-state index contributed by atoms with van der Waals surface area (Å²) < 4.78 is 5.40. The van der Waals surface area contributed by atoms with Crippen molar-refractivity contribution in [3.05, 3.63) is 69.2 Å². The van der Waals surface area contributed by atoms with Crippen LogP contribution in [0.1, 0.15) is 5.82 Å². The van der Waals surface area contributed by atoms with Crippen molar-refractivity contribution in [3.63, 3.8) is 0 Å². The van der Waals surface area contributed by atoms with Crippen molar-refractivity contribution in [2.45, 2.75) is 6.54 Å². The molecule has 1 aromatic carbocycles. The molecule has 2 N–H and O–H groups in total. The van der Waals surface area contributed by atoms with Crippen LogP contribution in [-0.2, 0) is 11.3 Å². The van der Waals surface area contributed by atoms with Gasteiger partial charge in [0.1, 0.15) is 16.4 Å². The Kier molecular flexibility index (Phi) is 5.48. The quantitative estimate of drug-likeness (QED) is 0.485. The standard InChI is InChI=1S/C20H17ClN4O3S/c1-25(10-17(26)22-14-6-3-2-5-13(14)21)9-16-23-19(27)18-12(11-29-20(18)24-16)15-7-4-8-28-15/h2-8,11H,9-10H2,1H3,(H,22,26)(H,23,24,27). The summed E-state index contributed by atoms with van der Waals surface area (Å²) in [6.07, 6.45) is 1.57. The zero-order chi connectivity index (χ0) is 20.4. The number of para-hydroxylation sites is 1. The molecule has 1 amide bonds. The number of fused-ring (bicyclic) bond motifs is 1. The largest absolute Gasteiger partial charge is 0.464 e. The normalized spacial score (nSPS) is 11.3. The van der Waals surface area contributed by atoms with Gasteiger partial charge in [-0.3, -0.25) is 14.5 Å². The number of nitrogens with one attached hydrogen (secondary N) is 2. The fraction of sp³-hybridized carbons (Fsp3) is 0.150. The summed E-state index contributed by atoms with van der Waals surface area (Å²) in [6, 6.07) is 10.6. The van der Waals surface area contributed by atoms with Crippen molar-refractivity contribution in [2.24, 2.45) is 0 Å². The number of benzene rings is 1. The van der Waals surface area contributed by atoms with Crippen LogP contribution in [0, 0.1) is 0 Å². The van der Waals surface area contributed by atoms with Gasteiger partial charge in [-0.15, -0.1) is 11.3 Å². The predicted molar refractivity (Wildman–Crippen MR) is 114 cm³/mol. The van der Waals surface area contributed by atoms with E-state index in [0.29, 0.717) is 39.1 Å². The van der Waals surface area contributed by atoms with Gasteiger partial charge in [-0.25, -0.2) is 4.98 Å². The second kappa shape index (κ2) is 8.20. The number of aromatic amines is 1. The van der Waals surface area contributed by atoms with Crippen molar-refractivity contribution >= 4 is 44.7 Å². The van der Waals surface area contributed by atoms with E-state index in [-0.39, 0.29) is 18.0 Å². The van der Waals surface area contributed by atoms with E-state index in [0.717, 1.165) is 5.56 Å². The van der Waals surface area contributed by atoms with E-state index in [9.17, 15) is 9.59 Å². The summed E-state index contributed by atoms with van der Waals surface area (Å²) in [5.41, 5.74) is 1.05. The lowest BCUT2D eigenvalue weighted by Gasteiger charge is -2.16. The Balaban J connectivity index is 1.47. The van der Waals surface area contributed by atoms with E-state index in [1.54, 1.807) is 54.6 Å². The average Bonchev–Trinajstić information content (AvgIpc) is 3.32. The number of carbonyl (C=O) groups is 1. The van der Waals surface area contributed by atoms with Gasteiger partial charge in [0.15, 0.2) is 0 Å². The molecule has 4 rings (SSSR count). The number of likely N-dealkylation sites (N-methyl/N-ethyl adjacent to an activating group) is 1. The average molecular weight is 429 g/mol. The molecule has 4 aromatic rings. The molecule has 9 heteroatoms. The van der Waals surface area contributed by atoms with Crippen LogP contribution < -0.4 is 10.9 Å². The highest BCUT2D eigenvalue weighted by Crippen LogP contribution is 2.30. The van der Waals surface area contributed by atoms with E-state index in [4.69, 9.17) is 16.0 Å². The molecule has 3 aromatic heterocycles. The second-order valence-electron chi connectivity index (χ2n) is 6.52. The van der Waals surface area contributed by atoms with Gasteiger partial charge in [0.25, 0.3) is 5.56 Å². The second-order valence-corrected chi connectivity index (χ2v) is 7.79. The van der Waals surface area contributed by atoms with Gasteiger partial charge in [-0.05, 0) is 31.3 Å². The number of furan rings is 1. The number of halogens is 1. The predicted octanol–water partition coefficient (Wildman–Crippen LogP) is 3.97. The third-order valence-electron chi connectivity index (χ3n) is 4.26. The Morgan fingerprint density at radius 2 is 2.14 bits per heavy atom. The Morgan fingerprint density at radius 1 is 1.31 bits per heavy atom. The van der Waals surface area contributed by atoms with E-state index >= 15 is 0 Å². The summed E-state index contributed by atoms with van der Waals surface area (Å²) in [6.45, 7) is 0.435. The molecule has 0 spiro atoms. The fourth-order valence-electron chi connectivity index (χ4n) is 2.99. The number of hydrogen-bond donors (Lipinski definition) is 2. The molecule has 0 saturated heterocycles. The summed E-state index contributed by atoms with van der Waals surface area (Å²) in [4.78, 5) is 34.6. The maximum atomic E-state index is 12.6. The first kappa shape index (κ1) is 19.4. The molecule has 0 aliphatic carbocycles. The lowest BCUT2D eigenvalue weighted by Crippen LogP contribution is -2.31. The Hall–Kier alpha value is -2.94. The van der Waals surface area contributed by atoms with Crippen LogP contribution in [0.5, 0.6) is 0 Å². The molecular formula is C20H17ClN4O3S. The van der Waals surface area contributed by atoms with E-state index in [1.165, 1.54) is 11.3 Å². The van der Waals surface area contributed by atoms with Gasteiger partial charge in [-0.1, -0.05) is 23.7 Å². The van der Waals surface area contributed by atoms with Crippen LogP contribution in [0.15, 0.2) is 57.3 Å². The number of rotatable bonds is 6. The number of anilines is 1. The minimum absolute atomic E-state index is 0.120. The van der Waals surface area contributed by atoms with E-state index in [1.807, 2.05) is 5.38 Å². The summed E-state index contributed by atoms with van der Waals surface area (Å²) in [5.74, 6) is 0.910. The fourth-order valence-corrected chi connectivity index (χ4v) is 4.12. The number of amides is 1. The first-order valence-corrected chi connectivity index (χ1v) is 10.0. The molecule has 7 nitrogen and oxygen atoms in total. The molecule has 0 fully saturated rings. The molecule has 29 heavy (non-hydrogen) atoms. The number of thiophene rings is 1. The molecule has 3 heterocycles. The summed E-state index contributed by atoms with van der Waals surface area (Å²) in [7, 11) is 1.78. The maximum Gasteiger partial charge on any atom is 0.260 e. The lowest BCUT2D eigenvalue weighted by molar-refractivity contribution is -0.117. The molecule has 0 atom stereocenters. The molecule has 148 valence electrons. The van der Waals surface area contributed by atoms with Crippen molar-refractivity contribution in [1.82, 2.24) is 14.9 Å². The Labute approximate surface area is 174 Å². The van der Waals surface area contributed by atoms with Crippen LogP contribution in [0.4, 0.5) is 5.69 Å². The van der Waals surface area contributed by atoms with Gasteiger partial charge in [0.2, 0.25) is 5.91 Å². The SMILES string of the molecule is CN(CC(=O)Nc1ccccc1Cl)Cc1nc2scc(-c3ccco3)c2c(=O)[nH]1. The Morgan fingerprint density at radius 3 is 2.90 bits per heavy atom. The third kappa shape index (κ3) is 4.24. The minimum atomic E-state index is -0.230. The zero-order valence-electron chi connectivity index (χ0n) is 15.4. The number of nitrogens with zero attached hydrogens (tertiary/aromatic N) is 2. The van der Waals surface area contributed by atoms with Gasteiger partial charge in [0.05, 0.1) is 35.4 Å². The van der Waals surface area contributed by atoms with Crippen molar-refractivity contribution < 1.29 is 9.21 Å². The van der Waals surface area contributed by atoms with Crippen LogP contribution in [0.3, 0.4) is 0 Å². The number of aromatic nitrogens is 2. The molecule has 0 unspecified atom stereocenters. The number of carbonyl (C=O) groups excluding carboxylic acids is 1. The third-order valence-corrected chi connectivity index (χ3v) is 5.46. The first-order chi connectivity index (χ1) is 14.0. The number of H-pyrrole nitrogens is 1. The highest BCUT2D eigenvalue weighted by Gasteiger charge is 2.16. The van der Waals surface area contributed by atoms with Crippen LogP contribution in [0.2, 0.25) is 5.02 Å². The van der Waals surface area contributed by atoms with Crippen molar-refractivity contribution in [1.29, 1.82) is 0 Å². The van der Waals surface area contributed by atoms with Crippen molar-refractivity contribution in [3.8, 4) is 11.3 Å². The zero-order valence-corrected chi connectivity index (χ0v) is 17.0. The first-order valence-electron chi connectivity index (χ1n) is 8.78. The monoisotopic (exact) mass is 428 g/mol. The molecular weight excluding hydrogens is 412 g/mol. The van der Waals surface area contributed by atoms with Crippen LogP contribution in [-0.4, -0.2) is 34.4 Å². The smallest absolute Gasteiger partial charge is 0.260 e. The molecule has 0 aliphatic heterocycles. The van der Waals surface area contributed by atoms with Gasteiger partial charge < -0.3 is 14.7 Å². The van der Waals surface area contributed by atoms with Gasteiger partial charge >= 0.3 is 0 Å². The molecule has 0 radical (unpaired) electrons. The number of hydrogen-bond acceptors (Lipinski definition) is 6. The summed E-state index contributed by atoms with van der Waals surface area (Å²) in [5, 5.41) is 5.62. The minimum Gasteiger partial charge on any atom is -0.464 e. The summed E-state index contributed by atoms with van der Waals surface area (Å²) >= 11 is 7.44. The topological polar surface area (TPSA) is 91.2 Å². The Bertz CT molecular complexity index is 1220. The van der Waals surface area contributed by atoms with Gasteiger partial charge in [-0.2, -0.15) is 0 Å². The molecule has 0 bridgehead atoms. The molecule has 0 aliphatic rings. The van der Waals surface area contributed by atoms with E-state index < -0.39 is 0 Å². The van der Waals surface area contributed by atoms with Crippen LogP contribution >= 0.6 is 22.9 Å². The van der Waals surface area contributed by atoms with Crippen molar-refractivity contribution in [2.75, 3.05) is 18.9 Å². The molecule has 0 saturated carbocycles.